The van der Waals surface area contributed by atoms with E-state index in [1.54, 1.807) is 19.1 Å². The van der Waals surface area contributed by atoms with Gasteiger partial charge >= 0.3 is 0 Å². The molecule has 2 rings (SSSR count). The summed E-state index contributed by atoms with van der Waals surface area (Å²) in [7, 11) is -7.17. The molecule has 0 aliphatic heterocycles. The first-order chi connectivity index (χ1) is 10.6. The van der Waals surface area contributed by atoms with Crippen LogP contribution in [0.5, 0.6) is 0 Å². The Balaban J connectivity index is 2.26. The molecule has 0 aromatic heterocycles. The van der Waals surface area contributed by atoms with Gasteiger partial charge in [0.15, 0.2) is 0 Å². The van der Waals surface area contributed by atoms with Crippen molar-refractivity contribution in [1.82, 2.24) is 0 Å². The average Bonchev–Trinajstić information content (AvgIpc) is 2.42. The van der Waals surface area contributed by atoms with Gasteiger partial charge in [-0.25, -0.2) is 16.8 Å². The quantitative estimate of drug-likeness (QED) is 0.841. The van der Waals surface area contributed by atoms with Gasteiger partial charge in [0.05, 0.1) is 11.2 Å². The molecular formula is C14H15ClN2O4S2. The third kappa shape index (κ3) is 4.60. The molecule has 0 atom stereocenters. The van der Waals surface area contributed by atoms with Gasteiger partial charge in [-0.1, -0.05) is 17.7 Å². The van der Waals surface area contributed by atoms with Crippen LogP contribution in [0, 0.1) is 6.92 Å². The summed E-state index contributed by atoms with van der Waals surface area (Å²) in [6.45, 7) is 1.62. The Bertz CT molecular complexity index is 924. The van der Waals surface area contributed by atoms with Crippen LogP contribution in [0.2, 0.25) is 5.02 Å². The van der Waals surface area contributed by atoms with E-state index in [2.05, 4.69) is 9.44 Å². The normalized spacial score (nSPS) is 12.0. The standard InChI is InChI=1S/C14H15ClN2O4S2/c1-10-13(15)4-3-5-14(10)23(20,21)17-12-8-6-11(7-9-12)16-22(2,18)19/h3-9,16-17H,1-2H3. The molecule has 0 fully saturated rings. The molecule has 0 heterocycles. The number of hydrogen-bond donors (Lipinski definition) is 2. The van der Waals surface area contributed by atoms with Crippen molar-refractivity contribution in [2.24, 2.45) is 0 Å². The highest BCUT2D eigenvalue weighted by atomic mass is 35.5. The summed E-state index contributed by atoms with van der Waals surface area (Å²) < 4.78 is 51.8. The second-order valence-corrected chi connectivity index (χ2v) is 8.73. The lowest BCUT2D eigenvalue weighted by Crippen LogP contribution is -2.14. The Labute approximate surface area is 140 Å². The molecule has 2 aromatic carbocycles. The first kappa shape index (κ1) is 17.6. The molecule has 124 valence electrons. The van der Waals surface area contributed by atoms with E-state index in [-0.39, 0.29) is 4.90 Å². The first-order valence-electron chi connectivity index (χ1n) is 6.44. The van der Waals surface area contributed by atoms with Crippen LogP contribution in [0.4, 0.5) is 11.4 Å². The van der Waals surface area contributed by atoms with Crippen molar-refractivity contribution in [2.75, 3.05) is 15.7 Å². The summed E-state index contributed by atoms with van der Waals surface area (Å²) in [4.78, 5) is 0.0864. The maximum Gasteiger partial charge on any atom is 0.262 e. The summed E-state index contributed by atoms with van der Waals surface area (Å²) >= 11 is 5.95. The fraction of sp³-hybridized carbons (Fsp3) is 0.143. The van der Waals surface area contributed by atoms with E-state index in [1.807, 2.05) is 0 Å². The van der Waals surface area contributed by atoms with Gasteiger partial charge in [0, 0.05) is 16.4 Å². The molecule has 9 heteroatoms. The number of hydrogen-bond acceptors (Lipinski definition) is 4. The fourth-order valence-electron chi connectivity index (χ4n) is 1.91. The summed E-state index contributed by atoms with van der Waals surface area (Å²) in [6, 6.07) is 10.5. The zero-order valence-electron chi connectivity index (χ0n) is 12.4. The van der Waals surface area contributed by atoms with Gasteiger partial charge in [-0.2, -0.15) is 0 Å². The largest absolute Gasteiger partial charge is 0.284 e. The van der Waals surface area contributed by atoms with Crippen LogP contribution >= 0.6 is 11.6 Å². The minimum atomic E-state index is -3.79. The molecule has 0 radical (unpaired) electrons. The van der Waals surface area contributed by atoms with E-state index >= 15 is 0 Å². The van der Waals surface area contributed by atoms with Crippen LogP contribution < -0.4 is 9.44 Å². The molecular weight excluding hydrogens is 360 g/mol. The number of nitrogens with one attached hydrogen (secondary N) is 2. The van der Waals surface area contributed by atoms with Gasteiger partial charge in [-0.15, -0.1) is 0 Å². The predicted molar refractivity (Wildman–Crippen MR) is 91.9 cm³/mol. The predicted octanol–water partition coefficient (Wildman–Crippen LogP) is 2.82. The monoisotopic (exact) mass is 374 g/mol. The molecule has 2 N–H and O–H groups in total. The molecule has 0 aliphatic carbocycles. The van der Waals surface area contributed by atoms with Gasteiger partial charge in [-0.3, -0.25) is 9.44 Å². The summed E-state index contributed by atoms with van der Waals surface area (Å²) in [5, 5.41) is 0.362. The second-order valence-electron chi connectivity index (χ2n) is 4.92. The van der Waals surface area contributed by atoms with Crippen LogP contribution in [0.1, 0.15) is 5.56 Å². The summed E-state index contributed by atoms with van der Waals surface area (Å²) in [6.07, 6.45) is 1.03. The SMILES string of the molecule is Cc1c(Cl)cccc1S(=O)(=O)Nc1ccc(NS(C)(=O)=O)cc1. The van der Waals surface area contributed by atoms with Gasteiger partial charge < -0.3 is 0 Å². The van der Waals surface area contributed by atoms with Crippen LogP contribution in [0.15, 0.2) is 47.4 Å². The lowest BCUT2D eigenvalue weighted by molar-refractivity contribution is 0.600. The van der Waals surface area contributed by atoms with E-state index in [4.69, 9.17) is 11.6 Å². The van der Waals surface area contributed by atoms with E-state index in [0.717, 1.165) is 6.26 Å². The Morgan fingerprint density at radius 3 is 1.91 bits per heavy atom. The van der Waals surface area contributed by atoms with Gasteiger partial charge in [0.1, 0.15) is 0 Å². The van der Waals surface area contributed by atoms with E-state index < -0.39 is 20.0 Å². The number of sulfonamides is 2. The van der Waals surface area contributed by atoms with Crippen LogP contribution in [0.3, 0.4) is 0 Å². The maximum atomic E-state index is 12.4. The molecule has 0 saturated carbocycles. The Hall–Kier alpha value is -1.77. The molecule has 0 spiro atoms. The van der Waals surface area contributed by atoms with Crippen molar-refractivity contribution >= 4 is 43.0 Å². The fourth-order valence-corrected chi connectivity index (χ4v) is 4.03. The van der Waals surface area contributed by atoms with Crippen molar-refractivity contribution in [3.8, 4) is 0 Å². The third-order valence-corrected chi connectivity index (χ3v) is 5.49. The highest BCUT2D eigenvalue weighted by Gasteiger charge is 2.18. The molecule has 0 saturated heterocycles. The smallest absolute Gasteiger partial charge is 0.262 e. The Kier molecular flexibility index (Phi) is 4.88. The van der Waals surface area contributed by atoms with Crippen molar-refractivity contribution in [2.45, 2.75) is 11.8 Å². The number of halogens is 1. The molecule has 0 amide bonds. The summed E-state index contributed by atoms with van der Waals surface area (Å²) in [5.41, 5.74) is 1.11. The topological polar surface area (TPSA) is 92.3 Å². The van der Waals surface area contributed by atoms with Gasteiger partial charge in [0.25, 0.3) is 10.0 Å². The molecule has 0 bridgehead atoms. The lowest BCUT2D eigenvalue weighted by Gasteiger charge is -2.12. The maximum absolute atomic E-state index is 12.4. The Morgan fingerprint density at radius 2 is 1.39 bits per heavy atom. The second kappa shape index (κ2) is 6.38. The van der Waals surface area contributed by atoms with Gasteiger partial charge in [-0.05, 0) is 48.9 Å². The van der Waals surface area contributed by atoms with Crippen molar-refractivity contribution in [3.05, 3.63) is 53.1 Å². The van der Waals surface area contributed by atoms with Crippen molar-refractivity contribution in [3.63, 3.8) is 0 Å². The number of benzene rings is 2. The van der Waals surface area contributed by atoms with Crippen LogP contribution in [-0.4, -0.2) is 23.1 Å². The lowest BCUT2D eigenvalue weighted by atomic mass is 10.2. The third-order valence-electron chi connectivity index (χ3n) is 2.95. The zero-order valence-corrected chi connectivity index (χ0v) is 14.8. The summed E-state index contributed by atoms with van der Waals surface area (Å²) in [5.74, 6) is 0. The minimum Gasteiger partial charge on any atom is -0.284 e. The number of rotatable bonds is 5. The highest BCUT2D eigenvalue weighted by Crippen LogP contribution is 2.25. The van der Waals surface area contributed by atoms with Crippen LogP contribution in [0.25, 0.3) is 0 Å². The van der Waals surface area contributed by atoms with E-state index in [0.29, 0.717) is 22.0 Å². The molecule has 23 heavy (non-hydrogen) atoms. The zero-order chi connectivity index (χ0) is 17.3. The minimum absolute atomic E-state index is 0.0864. The van der Waals surface area contributed by atoms with E-state index in [9.17, 15) is 16.8 Å². The highest BCUT2D eigenvalue weighted by molar-refractivity contribution is 7.92. The van der Waals surface area contributed by atoms with Crippen molar-refractivity contribution in [1.29, 1.82) is 0 Å². The first-order valence-corrected chi connectivity index (χ1v) is 10.2. The van der Waals surface area contributed by atoms with Crippen molar-refractivity contribution < 1.29 is 16.8 Å². The van der Waals surface area contributed by atoms with E-state index in [1.165, 1.54) is 30.3 Å². The molecule has 2 aromatic rings. The van der Waals surface area contributed by atoms with Crippen LogP contribution in [-0.2, 0) is 20.0 Å². The average molecular weight is 375 g/mol. The Morgan fingerprint density at radius 1 is 0.870 bits per heavy atom. The molecule has 0 aliphatic rings. The molecule has 0 unspecified atom stereocenters. The number of anilines is 2. The van der Waals surface area contributed by atoms with Gasteiger partial charge in [0.2, 0.25) is 10.0 Å². The molecule has 6 nitrogen and oxygen atoms in total.